The number of carbonyl (C=O) groups is 1. The van der Waals surface area contributed by atoms with Gasteiger partial charge in [-0.2, -0.15) is 0 Å². The van der Waals surface area contributed by atoms with Crippen molar-refractivity contribution in [2.24, 2.45) is 0 Å². The van der Waals surface area contributed by atoms with E-state index in [1.807, 2.05) is 25.1 Å². The summed E-state index contributed by atoms with van der Waals surface area (Å²) < 4.78 is 0. The number of aryl methyl sites for hydroxylation is 1. The Hall–Kier alpha value is -2.81. The number of phenols is 1. The van der Waals surface area contributed by atoms with Gasteiger partial charge in [0.1, 0.15) is 5.75 Å². The van der Waals surface area contributed by atoms with E-state index < -0.39 is 0 Å². The Labute approximate surface area is 140 Å². The van der Waals surface area contributed by atoms with Crippen molar-refractivity contribution in [1.82, 2.24) is 5.32 Å². The number of benzene rings is 3. The minimum Gasteiger partial charge on any atom is -0.508 e. The monoisotopic (exact) mass is 317 g/mol. The fraction of sp³-hybridized carbons (Fsp3) is 0.190. The molecule has 0 unspecified atom stereocenters. The Morgan fingerprint density at radius 3 is 2.58 bits per heavy atom. The van der Waals surface area contributed by atoms with Crippen LogP contribution in [0.2, 0.25) is 0 Å². The highest BCUT2D eigenvalue weighted by molar-refractivity contribution is 5.97. The van der Waals surface area contributed by atoms with Crippen molar-refractivity contribution in [3.63, 3.8) is 0 Å². The molecule has 4 rings (SSSR count). The van der Waals surface area contributed by atoms with Gasteiger partial charge in [-0.3, -0.25) is 4.79 Å². The van der Waals surface area contributed by atoms with Gasteiger partial charge >= 0.3 is 0 Å². The lowest BCUT2D eigenvalue weighted by Gasteiger charge is -2.21. The zero-order valence-electron chi connectivity index (χ0n) is 13.5. The molecule has 0 bridgehead atoms. The molecular formula is C21H19NO2. The number of rotatable bonds is 3. The maximum absolute atomic E-state index is 12.8. The van der Waals surface area contributed by atoms with Crippen molar-refractivity contribution in [1.29, 1.82) is 0 Å². The van der Waals surface area contributed by atoms with Gasteiger partial charge in [0, 0.05) is 5.56 Å². The first-order valence-corrected chi connectivity index (χ1v) is 8.19. The largest absolute Gasteiger partial charge is 0.508 e. The summed E-state index contributed by atoms with van der Waals surface area (Å²) in [5.74, 6) is -0.0189. The van der Waals surface area contributed by atoms with E-state index in [9.17, 15) is 9.90 Å². The van der Waals surface area contributed by atoms with E-state index in [0.29, 0.717) is 5.56 Å². The van der Waals surface area contributed by atoms with Crippen molar-refractivity contribution in [2.75, 3.05) is 0 Å². The summed E-state index contributed by atoms with van der Waals surface area (Å²) in [6.45, 7) is 1.88. The van der Waals surface area contributed by atoms with E-state index in [1.54, 1.807) is 12.1 Å². The minimum absolute atomic E-state index is 0.112. The molecule has 0 spiro atoms. The number of aromatic hydroxyl groups is 1. The van der Waals surface area contributed by atoms with Gasteiger partial charge in [-0.25, -0.2) is 0 Å². The van der Waals surface area contributed by atoms with E-state index in [1.165, 1.54) is 22.4 Å². The lowest BCUT2D eigenvalue weighted by molar-refractivity contribution is 0.0930. The second-order valence-electron chi connectivity index (χ2n) is 6.56. The molecule has 3 aromatic rings. The smallest absolute Gasteiger partial charge is 0.252 e. The predicted molar refractivity (Wildman–Crippen MR) is 95.2 cm³/mol. The molecule has 3 heteroatoms. The Morgan fingerprint density at radius 2 is 1.79 bits per heavy atom. The molecule has 1 aliphatic carbocycles. The fourth-order valence-corrected chi connectivity index (χ4v) is 3.37. The Bertz CT molecular complexity index is 936. The molecule has 2 N–H and O–H groups in total. The Kier molecular flexibility index (Phi) is 3.31. The molecule has 3 nitrogen and oxygen atoms in total. The third-order valence-electron chi connectivity index (χ3n) is 4.87. The molecule has 0 aromatic heterocycles. The zero-order chi connectivity index (χ0) is 16.7. The van der Waals surface area contributed by atoms with Gasteiger partial charge in [0.05, 0.1) is 5.54 Å². The minimum atomic E-state index is -0.296. The van der Waals surface area contributed by atoms with Crippen molar-refractivity contribution in [3.8, 4) is 5.75 Å². The average Bonchev–Trinajstić information content (AvgIpc) is 3.37. The molecule has 120 valence electrons. The van der Waals surface area contributed by atoms with Crippen molar-refractivity contribution < 1.29 is 9.90 Å². The van der Waals surface area contributed by atoms with Crippen LogP contribution in [0.1, 0.15) is 34.3 Å². The molecule has 0 atom stereocenters. The van der Waals surface area contributed by atoms with Gasteiger partial charge in [0.15, 0.2) is 0 Å². The maximum Gasteiger partial charge on any atom is 0.252 e. The first kappa shape index (κ1) is 14.8. The van der Waals surface area contributed by atoms with Crippen LogP contribution >= 0.6 is 0 Å². The SMILES string of the molecule is Cc1ccc(O)cc1C(=O)NC1(c2cccc3ccccc23)CC1. The second-order valence-corrected chi connectivity index (χ2v) is 6.56. The van der Waals surface area contributed by atoms with Gasteiger partial charge in [0.2, 0.25) is 0 Å². The zero-order valence-corrected chi connectivity index (χ0v) is 13.5. The van der Waals surface area contributed by atoms with Crippen LogP contribution in [-0.2, 0) is 5.54 Å². The summed E-state index contributed by atoms with van der Waals surface area (Å²) in [4.78, 5) is 12.8. The number of phenolic OH excluding ortho intramolecular Hbond substituents is 1. The van der Waals surface area contributed by atoms with Crippen LogP contribution < -0.4 is 5.32 Å². The van der Waals surface area contributed by atoms with Crippen LogP contribution in [0.15, 0.2) is 60.7 Å². The number of carbonyl (C=O) groups excluding carboxylic acids is 1. The van der Waals surface area contributed by atoms with Crippen LogP contribution in [0, 0.1) is 6.92 Å². The quantitative estimate of drug-likeness (QED) is 0.758. The fourth-order valence-electron chi connectivity index (χ4n) is 3.37. The molecular weight excluding hydrogens is 298 g/mol. The van der Waals surface area contributed by atoms with Gasteiger partial charge in [-0.05, 0) is 53.8 Å². The summed E-state index contributed by atoms with van der Waals surface area (Å²) in [7, 11) is 0. The van der Waals surface area contributed by atoms with E-state index in [0.717, 1.165) is 18.4 Å². The second kappa shape index (κ2) is 5.38. The lowest BCUT2D eigenvalue weighted by atomic mass is 9.96. The summed E-state index contributed by atoms with van der Waals surface area (Å²) in [6, 6.07) is 19.4. The highest BCUT2D eigenvalue weighted by Gasteiger charge is 2.46. The molecule has 0 radical (unpaired) electrons. The molecule has 0 aliphatic heterocycles. The summed E-state index contributed by atoms with van der Waals surface area (Å²) in [6.07, 6.45) is 1.87. The first-order valence-electron chi connectivity index (χ1n) is 8.19. The molecule has 1 aliphatic rings. The molecule has 1 amide bonds. The van der Waals surface area contributed by atoms with Crippen molar-refractivity contribution >= 4 is 16.7 Å². The van der Waals surface area contributed by atoms with Crippen molar-refractivity contribution in [2.45, 2.75) is 25.3 Å². The third-order valence-corrected chi connectivity index (χ3v) is 4.87. The summed E-state index contributed by atoms with van der Waals surface area (Å²) >= 11 is 0. The van der Waals surface area contributed by atoms with Gasteiger partial charge < -0.3 is 10.4 Å². The summed E-state index contributed by atoms with van der Waals surface area (Å²) in [5, 5.41) is 15.3. The molecule has 3 aromatic carbocycles. The average molecular weight is 317 g/mol. The Balaban J connectivity index is 1.71. The number of amides is 1. The highest BCUT2D eigenvalue weighted by atomic mass is 16.3. The molecule has 0 heterocycles. The van der Waals surface area contributed by atoms with Crippen LogP contribution in [0.4, 0.5) is 0 Å². The number of hydrogen-bond acceptors (Lipinski definition) is 2. The molecule has 0 saturated heterocycles. The van der Waals surface area contributed by atoms with E-state index in [-0.39, 0.29) is 17.2 Å². The van der Waals surface area contributed by atoms with Crippen LogP contribution in [-0.4, -0.2) is 11.0 Å². The van der Waals surface area contributed by atoms with Crippen LogP contribution in [0.25, 0.3) is 10.8 Å². The number of fused-ring (bicyclic) bond motifs is 1. The standard InChI is InChI=1S/C21H19NO2/c1-14-9-10-16(23)13-18(14)20(24)22-21(11-12-21)19-8-4-6-15-5-2-3-7-17(15)19/h2-10,13,23H,11-12H2,1H3,(H,22,24). The first-order chi connectivity index (χ1) is 11.6. The van der Waals surface area contributed by atoms with E-state index >= 15 is 0 Å². The molecule has 24 heavy (non-hydrogen) atoms. The highest BCUT2D eigenvalue weighted by Crippen LogP contribution is 2.48. The van der Waals surface area contributed by atoms with Gasteiger partial charge in [-0.1, -0.05) is 48.5 Å². The Morgan fingerprint density at radius 1 is 1.04 bits per heavy atom. The van der Waals surface area contributed by atoms with Crippen LogP contribution in [0.3, 0.4) is 0 Å². The topological polar surface area (TPSA) is 49.3 Å². The number of hydrogen-bond donors (Lipinski definition) is 2. The van der Waals surface area contributed by atoms with Gasteiger partial charge in [0.25, 0.3) is 5.91 Å². The predicted octanol–water partition coefficient (Wildman–Crippen LogP) is 4.27. The number of nitrogens with one attached hydrogen (secondary N) is 1. The van der Waals surface area contributed by atoms with Gasteiger partial charge in [-0.15, -0.1) is 0 Å². The van der Waals surface area contributed by atoms with E-state index in [2.05, 4.69) is 29.6 Å². The normalized spacial score (nSPS) is 15.2. The molecule has 1 fully saturated rings. The molecule has 1 saturated carbocycles. The third kappa shape index (κ3) is 2.42. The summed E-state index contributed by atoms with van der Waals surface area (Å²) in [5.41, 5.74) is 2.27. The maximum atomic E-state index is 12.8. The van der Waals surface area contributed by atoms with Crippen molar-refractivity contribution in [3.05, 3.63) is 77.4 Å². The van der Waals surface area contributed by atoms with Crippen LogP contribution in [0.5, 0.6) is 5.75 Å². The lowest BCUT2D eigenvalue weighted by Crippen LogP contribution is -2.35. The van der Waals surface area contributed by atoms with E-state index in [4.69, 9.17) is 0 Å².